The molecule has 1 saturated heterocycles. The Balaban J connectivity index is 0.00000264. The third-order valence-electron chi connectivity index (χ3n) is 4.02. The highest BCUT2D eigenvalue weighted by atomic mass is 127. The fourth-order valence-corrected chi connectivity index (χ4v) is 3.17. The summed E-state index contributed by atoms with van der Waals surface area (Å²) in [7, 11) is 1.86. The molecule has 4 nitrogen and oxygen atoms in total. The zero-order chi connectivity index (χ0) is 15.8. The van der Waals surface area contributed by atoms with Crippen LogP contribution in [0.1, 0.15) is 25.8 Å². The minimum atomic E-state index is 0. The zero-order valence-electron chi connectivity index (χ0n) is 14.5. The van der Waals surface area contributed by atoms with E-state index in [9.17, 15) is 0 Å². The molecule has 1 aromatic carbocycles. The highest BCUT2D eigenvalue weighted by Gasteiger charge is 2.23. The van der Waals surface area contributed by atoms with Gasteiger partial charge < -0.3 is 15.0 Å². The van der Waals surface area contributed by atoms with Crippen molar-refractivity contribution < 1.29 is 4.74 Å². The Morgan fingerprint density at radius 2 is 1.87 bits per heavy atom. The van der Waals surface area contributed by atoms with Gasteiger partial charge in [-0.25, -0.2) is 0 Å². The number of benzene rings is 1. The molecule has 130 valence electrons. The maximum absolute atomic E-state index is 5.71. The average molecular weight is 431 g/mol. The summed E-state index contributed by atoms with van der Waals surface area (Å²) in [6.45, 7) is 8.96. The smallest absolute Gasteiger partial charge is 0.193 e. The molecule has 1 N–H and O–H groups in total. The molecule has 23 heavy (non-hydrogen) atoms. The summed E-state index contributed by atoms with van der Waals surface area (Å²) in [6.07, 6.45) is 1.31. The van der Waals surface area contributed by atoms with Crippen LogP contribution in [0.3, 0.4) is 0 Å². The number of nitrogens with one attached hydrogen (secondary N) is 1. The molecule has 2 rings (SSSR count). The van der Waals surface area contributed by atoms with Gasteiger partial charge in [-0.05, 0) is 23.8 Å². The van der Waals surface area contributed by atoms with Gasteiger partial charge in [-0.3, -0.25) is 4.99 Å². The van der Waals surface area contributed by atoms with Crippen LogP contribution in [0.2, 0.25) is 0 Å². The van der Waals surface area contributed by atoms with Crippen molar-refractivity contribution in [3.8, 4) is 0 Å². The van der Waals surface area contributed by atoms with Gasteiger partial charge in [-0.1, -0.05) is 44.2 Å². The number of aliphatic imine (C=N–C) groups is 1. The first kappa shape index (κ1) is 20.2. The fourth-order valence-electron chi connectivity index (χ4n) is 3.17. The summed E-state index contributed by atoms with van der Waals surface area (Å²) < 4.78 is 5.71. The van der Waals surface area contributed by atoms with E-state index in [1.807, 2.05) is 25.2 Å². The van der Waals surface area contributed by atoms with Gasteiger partial charge in [-0.15, -0.1) is 24.0 Å². The largest absolute Gasteiger partial charge is 0.375 e. The molecule has 0 saturated carbocycles. The van der Waals surface area contributed by atoms with Gasteiger partial charge in [0.2, 0.25) is 0 Å². The van der Waals surface area contributed by atoms with Gasteiger partial charge in [0.1, 0.15) is 0 Å². The minimum absolute atomic E-state index is 0. The van der Waals surface area contributed by atoms with E-state index < -0.39 is 0 Å². The number of nitrogens with zero attached hydrogens (tertiary/aromatic N) is 2. The summed E-state index contributed by atoms with van der Waals surface area (Å²) >= 11 is 0. The van der Waals surface area contributed by atoms with E-state index in [2.05, 4.69) is 41.2 Å². The summed E-state index contributed by atoms with van der Waals surface area (Å²) in [5, 5.41) is 3.42. The number of ether oxygens (including phenoxy) is 1. The predicted octanol–water partition coefficient (Wildman–Crippen LogP) is 3.37. The van der Waals surface area contributed by atoms with Gasteiger partial charge >= 0.3 is 0 Å². The van der Waals surface area contributed by atoms with Crippen molar-refractivity contribution in [2.75, 3.05) is 33.3 Å². The highest BCUT2D eigenvalue weighted by Crippen LogP contribution is 2.20. The first-order valence-electron chi connectivity index (χ1n) is 8.26. The molecular weight excluding hydrogens is 401 g/mol. The normalized spacial score (nSPS) is 21.7. The maximum Gasteiger partial charge on any atom is 0.193 e. The van der Waals surface area contributed by atoms with Crippen LogP contribution >= 0.6 is 24.0 Å². The summed E-state index contributed by atoms with van der Waals surface area (Å²) in [5.74, 6) is 2.47. The molecule has 1 aromatic rings. The molecular formula is C18H30IN3O. The monoisotopic (exact) mass is 431 g/mol. The lowest BCUT2D eigenvalue weighted by atomic mass is 9.92. The fraction of sp³-hybridized carbons (Fsp3) is 0.611. The molecule has 0 aliphatic carbocycles. The van der Waals surface area contributed by atoms with E-state index >= 15 is 0 Å². The first-order chi connectivity index (χ1) is 10.7. The van der Waals surface area contributed by atoms with Crippen molar-refractivity contribution in [3.63, 3.8) is 0 Å². The number of hydrogen-bond acceptors (Lipinski definition) is 2. The third-order valence-corrected chi connectivity index (χ3v) is 4.02. The Hall–Kier alpha value is -0.820. The van der Waals surface area contributed by atoms with Crippen molar-refractivity contribution in [2.45, 2.75) is 26.9 Å². The van der Waals surface area contributed by atoms with E-state index in [-0.39, 0.29) is 24.0 Å². The van der Waals surface area contributed by atoms with E-state index in [4.69, 9.17) is 4.74 Å². The number of rotatable bonds is 5. The lowest BCUT2D eigenvalue weighted by Gasteiger charge is -2.37. The summed E-state index contributed by atoms with van der Waals surface area (Å²) in [6, 6.07) is 10.3. The van der Waals surface area contributed by atoms with Crippen LogP contribution in [0.5, 0.6) is 0 Å². The van der Waals surface area contributed by atoms with Crippen LogP contribution < -0.4 is 5.32 Å². The maximum atomic E-state index is 5.71. The van der Waals surface area contributed by atoms with Crippen LogP contribution in [-0.4, -0.2) is 44.1 Å². The Bertz CT molecular complexity index is 457. The van der Waals surface area contributed by atoms with E-state index in [0.29, 0.717) is 13.2 Å². The van der Waals surface area contributed by atoms with Gasteiger partial charge in [0, 0.05) is 26.7 Å². The van der Waals surface area contributed by atoms with Crippen LogP contribution in [0.4, 0.5) is 0 Å². The standard InChI is InChI=1S/C18H29N3O.HI/c1-15-11-16(2)13-21(12-15)18(19-3)20-9-10-22-14-17-7-5-4-6-8-17;/h4-8,15-16H,9-14H2,1-3H3,(H,19,20);1H. The highest BCUT2D eigenvalue weighted by molar-refractivity contribution is 14.0. The molecule has 0 bridgehead atoms. The minimum Gasteiger partial charge on any atom is -0.375 e. The van der Waals surface area contributed by atoms with Crippen LogP contribution in [0, 0.1) is 11.8 Å². The number of guanidine groups is 1. The van der Waals surface area contributed by atoms with E-state index in [0.717, 1.165) is 37.4 Å². The van der Waals surface area contributed by atoms with Crippen molar-refractivity contribution in [2.24, 2.45) is 16.8 Å². The number of piperidine rings is 1. The molecule has 1 aliphatic heterocycles. The van der Waals surface area contributed by atoms with Crippen molar-refractivity contribution in [1.82, 2.24) is 10.2 Å². The second-order valence-electron chi connectivity index (χ2n) is 6.36. The van der Waals surface area contributed by atoms with Crippen LogP contribution in [0.15, 0.2) is 35.3 Å². The van der Waals surface area contributed by atoms with Crippen LogP contribution in [0.25, 0.3) is 0 Å². The molecule has 1 fully saturated rings. The SMILES string of the molecule is CN=C(NCCOCc1ccccc1)N1CC(C)CC(C)C1.I. The Morgan fingerprint density at radius 3 is 2.48 bits per heavy atom. The average Bonchev–Trinajstić information content (AvgIpc) is 2.51. The van der Waals surface area contributed by atoms with Gasteiger partial charge in [-0.2, -0.15) is 0 Å². The molecule has 0 amide bonds. The summed E-state index contributed by atoms with van der Waals surface area (Å²) in [4.78, 5) is 6.78. The topological polar surface area (TPSA) is 36.9 Å². The number of hydrogen-bond donors (Lipinski definition) is 1. The Kier molecular flexibility index (Phi) is 9.55. The molecule has 0 spiro atoms. The second-order valence-corrected chi connectivity index (χ2v) is 6.36. The first-order valence-corrected chi connectivity index (χ1v) is 8.26. The molecule has 5 heteroatoms. The van der Waals surface area contributed by atoms with E-state index in [1.54, 1.807) is 0 Å². The van der Waals surface area contributed by atoms with Crippen LogP contribution in [-0.2, 0) is 11.3 Å². The number of likely N-dealkylation sites (tertiary alicyclic amines) is 1. The van der Waals surface area contributed by atoms with E-state index in [1.165, 1.54) is 12.0 Å². The second kappa shape index (κ2) is 10.9. The lowest BCUT2D eigenvalue weighted by molar-refractivity contribution is 0.124. The lowest BCUT2D eigenvalue weighted by Crippen LogP contribution is -2.49. The van der Waals surface area contributed by atoms with Crippen molar-refractivity contribution in [3.05, 3.63) is 35.9 Å². The third kappa shape index (κ3) is 7.08. The van der Waals surface area contributed by atoms with Gasteiger partial charge in [0.05, 0.1) is 13.2 Å². The number of halogens is 1. The molecule has 1 aliphatic rings. The van der Waals surface area contributed by atoms with Crippen molar-refractivity contribution >= 4 is 29.9 Å². The summed E-state index contributed by atoms with van der Waals surface area (Å²) in [5.41, 5.74) is 1.21. The quantitative estimate of drug-likeness (QED) is 0.336. The molecule has 0 radical (unpaired) electrons. The predicted molar refractivity (Wildman–Crippen MR) is 107 cm³/mol. The zero-order valence-corrected chi connectivity index (χ0v) is 16.8. The molecule has 2 atom stereocenters. The Morgan fingerprint density at radius 1 is 1.22 bits per heavy atom. The Labute approximate surface area is 157 Å². The molecule has 1 heterocycles. The van der Waals surface area contributed by atoms with Crippen molar-refractivity contribution in [1.29, 1.82) is 0 Å². The van der Waals surface area contributed by atoms with Gasteiger partial charge in [0.25, 0.3) is 0 Å². The van der Waals surface area contributed by atoms with Gasteiger partial charge in [0.15, 0.2) is 5.96 Å². The molecule has 2 unspecified atom stereocenters. The molecule has 0 aromatic heterocycles.